The van der Waals surface area contributed by atoms with Gasteiger partial charge < -0.3 is 4.74 Å². The monoisotopic (exact) mass is 647 g/mol. The van der Waals surface area contributed by atoms with Crippen LogP contribution in [0.25, 0.3) is 16.9 Å². The van der Waals surface area contributed by atoms with Crippen molar-refractivity contribution in [1.82, 2.24) is 14.5 Å². The van der Waals surface area contributed by atoms with Crippen LogP contribution in [0.2, 0.25) is 10.0 Å². The number of benzene rings is 3. The van der Waals surface area contributed by atoms with E-state index in [9.17, 15) is 21.6 Å². The van der Waals surface area contributed by atoms with Gasteiger partial charge in [-0.15, -0.1) is 13.2 Å². The standard InChI is InChI=1S/C25H19BrCl2F3N3O3S/c1-2-20-22(14-32-38(35,36)19-5-3-4-18(13-19)37-25(29,30)31)33-34(23-11-10-17(27)12-21(23)28)24(20)15-6-8-16(26)9-7-15/h3-13,32H,2,14H2,1H3. The van der Waals surface area contributed by atoms with Crippen molar-refractivity contribution in [3.8, 4) is 22.7 Å². The molecule has 0 spiro atoms. The van der Waals surface area contributed by atoms with Crippen LogP contribution < -0.4 is 9.46 Å². The number of hydrogen-bond acceptors (Lipinski definition) is 4. The number of hydrogen-bond donors (Lipinski definition) is 1. The molecule has 200 valence electrons. The summed E-state index contributed by atoms with van der Waals surface area (Å²) >= 11 is 16.0. The van der Waals surface area contributed by atoms with Crippen molar-refractivity contribution in [3.63, 3.8) is 0 Å². The molecule has 0 atom stereocenters. The van der Waals surface area contributed by atoms with Crippen molar-refractivity contribution in [1.29, 1.82) is 0 Å². The second-order valence-electron chi connectivity index (χ2n) is 7.99. The molecule has 0 fully saturated rings. The zero-order valence-corrected chi connectivity index (χ0v) is 23.5. The number of aromatic nitrogens is 2. The molecular weight excluding hydrogens is 630 g/mol. The van der Waals surface area contributed by atoms with E-state index in [0.717, 1.165) is 33.8 Å². The molecule has 4 rings (SSSR count). The average Bonchev–Trinajstić information content (AvgIpc) is 3.20. The van der Waals surface area contributed by atoms with Crippen LogP contribution in [0, 0.1) is 0 Å². The second kappa shape index (κ2) is 11.3. The first-order valence-corrected chi connectivity index (χ1v) is 14.1. The van der Waals surface area contributed by atoms with Gasteiger partial charge in [0, 0.05) is 26.7 Å². The minimum absolute atomic E-state index is 0.225. The highest BCUT2D eigenvalue weighted by Gasteiger charge is 2.31. The Hall–Kier alpha value is -2.57. The highest BCUT2D eigenvalue weighted by Crippen LogP contribution is 2.34. The molecular formula is C25H19BrCl2F3N3O3S. The summed E-state index contributed by atoms with van der Waals surface area (Å²) in [4.78, 5) is -0.384. The van der Waals surface area contributed by atoms with E-state index >= 15 is 0 Å². The summed E-state index contributed by atoms with van der Waals surface area (Å²) in [5.41, 5.74) is 3.24. The lowest BCUT2D eigenvalue weighted by Crippen LogP contribution is -2.24. The fourth-order valence-electron chi connectivity index (χ4n) is 3.83. The lowest BCUT2D eigenvalue weighted by molar-refractivity contribution is -0.274. The van der Waals surface area contributed by atoms with Crippen LogP contribution in [0.1, 0.15) is 18.2 Å². The maximum Gasteiger partial charge on any atom is 0.573 e. The van der Waals surface area contributed by atoms with E-state index in [1.54, 1.807) is 22.9 Å². The van der Waals surface area contributed by atoms with Gasteiger partial charge in [0.15, 0.2) is 0 Å². The molecule has 0 saturated heterocycles. The minimum Gasteiger partial charge on any atom is -0.406 e. The summed E-state index contributed by atoms with van der Waals surface area (Å²) < 4.78 is 72.5. The maximum absolute atomic E-state index is 13.0. The average molecular weight is 649 g/mol. The molecule has 1 heterocycles. The van der Waals surface area contributed by atoms with Gasteiger partial charge in [-0.05, 0) is 48.9 Å². The Bertz CT molecular complexity index is 1580. The van der Waals surface area contributed by atoms with E-state index in [1.807, 2.05) is 31.2 Å². The number of sulfonamides is 1. The zero-order chi connectivity index (χ0) is 27.7. The number of alkyl halides is 3. The van der Waals surface area contributed by atoms with Gasteiger partial charge in [0.05, 0.1) is 33.5 Å². The van der Waals surface area contributed by atoms with Crippen LogP contribution in [-0.2, 0) is 23.0 Å². The zero-order valence-electron chi connectivity index (χ0n) is 19.6. The van der Waals surface area contributed by atoms with E-state index in [4.69, 9.17) is 23.2 Å². The fraction of sp³-hybridized carbons (Fsp3) is 0.160. The molecule has 4 aromatic rings. The van der Waals surface area contributed by atoms with Gasteiger partial charge in [-0.1, -0.05) is 64.3 Å². The lowest BCUT2D eigenvalue weighted by Gasteiger charge is -2.11. The smallest absolute Gasteiger partial charge is 0.406 e. The fourth-order valence-corrected chi connectivity index (χ4v) is 5.60. The molecule has 1 aromatic heterocycles. The number of nitrogens with zero attached hydrogens (tertiary/aromatic N) is 2. The third-order valence-electron chi connectivity index (χ3n) is 5.45. The van der Waals surface area contributed by atoms with Gasteiger partial charge in [0.2, 0.25) is 10.0 Å². The summed E-state index contributed by atoms with van der Waals surface area (Å²) in [5.74, 6) is -0.645. The second-order valence-corrected chi connectivity index (χ2v) is 11.5. The molecule has 0 aliphatic rings. The third kappa shape index (κ3) is 6.52. The Balaban J connectivity index is 1.74. The molecule has 6 nitrogen and oxygen atoms in total. The van der Waals surface area contributed by atoms with E-state index in [0.29, 0.717) is 33.5 Å². The van der Waals surface area contributed by atoms with Crippen molar-refractivity contribution in [3.05, 3.63) is 92.5 Å². The van der Waals surface area contributed by atoms with E-state index in [2.05, 4.69) is 30.5 Å². The molecule has 0 bridgehead atoms. The first-order chi connectivity index (χ1) is 17.9. The molecule has 0 radical (unpaired) electrons. The summed E-state index contributed by atoms with van der Waals surface area (Å²) in [6, 6.07) is 16.6. The van der Waals surface area contributed by atoms with Gasteiger partial charge in [-0.2, -0.15) is 5.10 Å². The van der Waals surface area contributed by atoms with Gasteiger partial charge >= 0.3 is 6.36 Å². The SMILES string of the molecule is CCc1c(CNS(=O)(=O)c2cccc(OC(F)(F)F)c2)nn(-c2ccc(Cl)cc2Cl)c1-c1ccc(Br)cc1. The number of rotatable bonds is 8. The van der Waals surface area contributed by atoms with Crippen LogP contribution in [-0.4, -0.2) is 24.6 Å². The molecule has 13 heteroatoms. The summed E-state index contributed by atoms with van der Waals surface area (Å²) in [5, 5.41) is 5.46. The largest absolute Gasteiger partial charge is 0.573 e. The minimum atomic E-state index is -4.95. The van der Waals surface area contributed by atoms with Crippen LogP contribution >= 0.6 is 39.1 Å². The highest BCUT2D eigenvalue weighted by atomic mass is 79.9. The Morgan fingerprint density at radius 3 is 2.39 bits per heavy atom. The Labute approximate surface area is 235 Å². The third-order valence-corrected chi connectivity index (χ3v) is 7.92. The van der Waals surface area contributed by atoms with Crippen LogP contribution in [0.3, 0.4) is 0 Å². The summed E-state index contributed by atoms with van der Waals surface area (Å²) in [6.07, 6.45) is -4.45. The Kier molecular flexibility index (Phi) is 8.43. The molecule has 3 aromatic carbocycles. The topological polar surface area (TPSA) is 73.2 Å². The molecule has 0 unspecified atom stereocenters. The van der Waals surface area contributed by atoms with Crippen molar-refractivity contribution < 1.29 is 26.3 Å². The quantitative estimate of drug-likeness (QED) is 0.214. The van der Waals surface area contributed by atoms with Crippen molar-refractivity contribution in [2.24, 2.45) is 0 Å². The number of nitrogens with one attached hydrogen (secondary N) is 1. The molecule has 0 saturated carbocycles. The molecule has 0 aliphatic heterocycles. The van der Waals surface area contributed by atoms with Gasteiger partial charge in [-0.25, -0.2) is 17.8 Å². The summed E-state index contributed by atoms with van der Waals surface area (Å²) in [7, 11) is -4.21. The molecule has 0 aliphatic carbocycles. The van der Waals surface area contributed by atoms with E-state index in [-0.39, 0.29) is 11.4 Å². The molecule has 38 heavy (non-hydrogen) atoms. The van der Waals surface area contributed by atoms with Crippen molar-refractivity contribution in [2.75, 3.05) is 0 Å². The van der Waals surface area contributed by atoms with Crippen LogP contribution in [0.5, 0.6) is 5.75 Å². The highest BCUT2D eigenvalue weighted by molar-refractivity contribution is 9.10. The van der Waals surface area contributed by atoms with Crippen molar-refractivity contribution >= 4 is 49.2 Å². The first-order valence-electron chi connectivity index (χ1n) is 11.1. The Morgan fingerprint density at radius 1 is 1.05 bits per heavy atom. The van der Waals surface area contributed by atoms with E-state index < -0.39 is 22.1 Å². The number of ether oxygens (including phenoxy) is 1. The normalized spacial score (nSPS) is 12.1. The van der Waals surface area contributed by atoms with Gasteiger partial charge in [0.25, 0.3) is 0 Å². The van der Waals surface area contributed by atoms with Crippen molar-refractivity contribution in [2.45, 2.75) is 31.1 Å². The van der Waals surface area contributed by atoms with E-state index in [1.165, 1.54) is 6.07 Å². The van der Waals surface area contributed by atoms with Crippen LogP contribution in [0.4, 0.5) is 13.2 Å². The van der Waals surface area contributed by atoms with Crippen LogP contribution in [0.15, 0.2) is 76.1 Å². The molecule has 1 N–H and O–H groups in total. The lowest BCUT2D eigenvalue weighted by atomic mass is 10.0. The Morgan fingerprint density at radius 2 is 1.76 bits per heavy atom. The van der Waals surface area contributed by atoms with Gasteiger partial charge in [-0.3, -0.25) is 0 Å². The van der Waals surface area contributed by atoms with Gasteiger partial charge in [0.1, 0.15) is 5.75 Å². The summed E-state index contributed by atoms with van der Waals surface area (Å²) in [6.45, 7) is 1.68. The maximum atomic E-state index is 13.0. The first kappa shape index (κ1) is 28.4. The number of halogens is 6. The molecule has 0 amide bonds. The predicted octanol–water partition coefficient (Wildman–Crippen LogP) is 7.55. The predicted molar refractivity (Wildman–Crippen MR) is 143 cm³/mol.